The Morgan fingerprint density at radius 1 is 1.06 bits per heavy atom. The predicted molar refractivity (Wildman–Crippen MR) is 129 cm³/mol. The molecular formula is C27H33FN2O4. The third kappa shape index (κ3) is 6.35. The van der Waals surface area contributed by atoms with Gasteiger partial charge in [-0.25, -0.2) is 14.4 Å². The number of ether oxygens (including phenoxy) is 4. The minimum absolute atomic E-state index is 0.224. The molecule has 1 aliphatic heterocycles. The fourth-order valence-electron chi connectivity index (χ4n) is 4.08. The highest BCUT2D eigenvalue weighted by atomic mass is 19.1. The Balaban J connectivity index is 1.42. The van der Waals surface area contributed by atoms with Crippen molar-refractivity contribution in [2.75, 3.05) is 26.4 Å². The van der Waals surface area contributed by atoms with Crippen LogP contribution in [0.3, 0.4) is 0 Å². The van der Waals surface area contributed by atoms with E-state index < -0.39 is 0 Å². The first-order chi connectivity index (χ1) is 16.6. The topological polar surface area (TPSA) is 62.7 Å². The molecule has 4 rings (SSSR count). The third-order valence-electron chi connectivity index (χ3n) is 6.18. The van der Waals surface area contributed by atoms with Gasteiger partial charge in [0.15, 0.2) is 0 Å². The molecule has 2 aromatic heterocycles. The van der Waals surface area contributed by atoms with Crippen LogP contribution in [0.1, 0.15) is 50.3 Å². The molecule has 6 nitrogen and oxygen atoms in total. The number of hydrogen-bond donors (Lipinski definition) is 0. The first kappa shape index (κ1) is 24.2. The predicted octanol–water partition coefficient (Wildman–Crippen LogP) is 6.03. The van der Waals surface area contributed by atoms with Gasteiger partial charge in [0.05, 0.1) is 24.4 Å². The second kappa shape index (κ2) is 12.0. The maximum absolute atomic E-state index is 13.9. The van der Waals surface area contributed by atoms with Crippen LogP contribution in [0, 0.1) is 18.7 Å². The first-order valence-corrected chi connectivity index (χ1v) is 12.1. The Hall–Kier alpha value is -2.93. The summed E-state index contributed by atoms with van der Waals surface area (Å²) in [4.78, 5) is 9.01. The molecule has 1 fully saturated rings. The molecule has 0 spiro atoms. The van der Waals surface area contributed by atoms with E-state index in [-0.39, 0.29) is 12.4 Å². The lowest BCUT2D eigenvalue weighted by atomic mass is 9.97. The van der Waals surface area contributed by atoms with E-state index in [0.717, 1.165) is 62.3 Å². The third-order valence-corrected chi connectivity index (χ3v) is 6.18. The summed E-state index contributed by atoms with van der Waals surface area (Å²) in [5.41, 5.74) is 2.26. The molecule has 0 aliphatic carbocycles. The number of fused-ring (bicyclic) bond motifs is 1. The number of hydrogen-bond acceptors (Lipinski definition) is 6. The van der Waals surface area contributed by atoms with Crippen LogP contribution in [0.25, 0.3) is 10.9 Å². The van der Waals surface area contributed by atoms with E-state index in [2.05, 4.69) is 11.9 Å². The zero-order valence-electron chi connectivity index (χ0n) is 20.0. The van der Waals surface area contributed by atoms with E-state index in [1.807, 2.05) is 13.0 Å². The number of aromatic nitrogens is 2. The van der Waals surface area contributed by atoms with E-state index in [9.17, 15) is 4.39 Å². The highest BCUT2D eigenvalue weighted by Crippen LogP contribution is 2.32. The van der Waals surface area contributed by atoms with Crippen molar-refractivity contribution in [1.82, 2.24) is 9.97 Å². The van der Waals surface area contributed by atoms with E-state index in [0.29, 0.717) is 41.7 Å². The molecule has 0 N–H and O–H groups in total. The average Bonchev–Trinajstić information content (AvgIpc) is 2.85. The number of unbranched alkanes of at least 4 members (excludes halogenated alkanes) is 1. The molecule has 1 aliphatic rings. The molecule has 182 valence electrons. The molecule has 0 bridgehead atoms. The van der Waals surface area contributed by atoms with Crippen LogP contribution < -0.4 is 14.2 Å². The summed E-state index contributed by atoms with van der Waals surface area (Å²) in [5, 5.41) is 0.676. The molecule has 3 heterocycles. The number of nitrogens with zero attached hydrogens (tertiary/aromatic N) is 2. The van der Waals surface area contributed by atoms with Crippen LogP contribution >= 0.6 is 0 Å². The largest absolute Gasteiger partial charge is 0.493 e. The van der Waals surface area contributed by atoms with Crippen molar-refractivity contribution in [3.05, 3.63) is 53.6 Å². The monoisotopic (exact) mass is 468 g/mol. The molecule has 3 aromatic rings. The first-order valence-electron chi connectivity index (χ1n) is 12.1. The van der Waals surface area contributed by atoms with E-state index >= 15 is 0 Å². The van der Waals surface area contributed by atoms with E-state index in [1.54, 1.807) is 18.3 Å². The average molecular weight is 469 g/mol. The molecular weight excluding hydrogens is 435 g/mol. The zero-order valence-corrected chi connectivity index (χ0v) is 20.0. The second-order valence-corrected chi connectivity index (χ2v) is 8.69. The summed E-state index contributed by atoms with van der Waals surface area (Å²) in [7, 11) is 0. The number of benzene rings is 1. The quantitative estimate of drug-likeness (QED) is 0.320. The van der Waals surface area contributed by atoms with Crippen LogP contribution in [0.5, 0.6) is 17.4 Å². The lowest BCUT2D eigenvalue weighted by Crippen LogP contribution is -2.17. The summed E-state index contributed by atoms with van der Waals surface area (Å²) < 4.78 is 37.3. The Labute approximate surface area is 200 Å². The van der Waals surface area contributed by atoms with E-state index in [4.69, 9.17) is 23.9 Å². The highest BCUT2D eigenvalue weighted by Gasteiger charge is 2.16. The van der Waals surface area contributed by atoms with Crippen molar-refractivity contribution in [3.63, 3.8) is 0 Å². The molecule has 1 saturated heterocycles. The van der Waals surface area contributed by atoms with Crippen molar-refractivity contribution in [1.29, 1.82) is 0 Å². The Bertz CT molecular complexity index is 1090. The van der Waals surface area contributed by atoms with Gasteiger partial charge in [-0.1, -0.05) is 13.3 Å². The molecule has 7 heteroatoms. The van der Waals surface area contributed by atoms with Gasteiger partial charge in [-0.05, 0) is 62.8 Å². The minimum Gasteiger partial charge on any atom is -0.493 e. The maximum Gasteiger partial charge on any atom is 0.217 e. The van der Waals surface area contributed by atoms with Gasteiger partial charge in [-0.2, -0.15) is 0 Å². The fraction of sp³-hybridized carbons (Fsp3) is 0.481. The van der Waals surface area contributed by atoms with Crippen LogP contribution in [-0.4, -0.2) is 36.4 Å². The number of halogens is 1. The maximum atomic E-state index is 13.9. The molecule has 1 aromatic carbocycles. The van der Waals surface area contributed by atoms with Gasteiger partial charge in [0.2, 0.25) is 5.88 Å². The van der Waals surface area contributed by atoms with Gasteiger partial charge in [-0.3, -0.25) is 0 Å². The normalized spacial score (nSPS) is 14.3. The lowest BCUT2D eigenvalue weighted by molar-refractivity contribution is 0.0593. The van der Waals surface area contributed by atoms with Crippen molar-refractivity contribution in [2.24, 2.45) is 5.92 Å². The summed E-state index contributed by atoms with van der Waals surface area (Å²) in [6, 6.07) is 8.20. The summed E-state index contributed by atoms with van der Waals surface area (Å²) >= 11 is 0. The lowest BCUT2D eigenvalue weighted by Gasteiger charge is -2.21. The molecule has 0 atom stereocenters. The number of pyridine rings is 2. The minimum atomic E-state index is -0.309. The van der Waals surface area contributed by atoms with Gasteiger partial charge < -0.3 is 18.9 Å². The van der Waals surface area contributed by atoms with Gasteiger partial charge in [0.1, 0.15) is 23.9 Å². The second-order valence-electron chi connectivity index (χ2n) is 8.69. The van der Waals surface area contributed by atoms with Gasteiger partial charge in [0, 0.05) is 36.4 Å². The van der Waals surface area contributed by atoms with Crippen molar-refractivity contribution < 1.29 is 23.3 Å². The van der Waals surface area contributed by atoms with Crippen LogP contribution in [0.4, 0.5) is 4.39 Å². The highest BCUT2D eigenvalue weighted by molar-refractivity contribution is 5.86. The smallest absolute Gasteiger partial charge is 0.217 e. The Kier molecular flexibility index (Phi) is 8.52. The van der Waals surface area contributed by atoms with E-state index in [1.165, 1.54) is 12.1 Å². The van der Waals surface area contributed by atoms with Crippen LogP contribution in [-0.2, 0) is 11.3 Å². The van der Waals surface area contributed by atoms with Gasteiger partial charge in [0.25, 0.3) is 0 Å². The van der Waals surface area contributed by atoms with Crippen LogP contribution in [0.2, 0.25) is 0 Å². The molecule has 0 unspecified atom stereocenters. The molecule has 0 radical (unpaired) electrons. The molecule has 0 amide bonds. The summed E-state index contributed by atoms with van der Waals surface area (Å²) in [5.74, 6) is 2.22. The fourth-order valence-corrected chi connectivity index (χ4v) is 4.08. The Morgan fingerprint density at radius 3 is 2.74 bits per heavy atom. The van der Waals surface area contributed by atoms with Crippen molar-refractivity contribution in [3.8, 4) is 17.4 Å². The SMILES string of the molecule is CCCCOc1c(C)c(COc2cc(OCCC3CCOCC3)ccn2)nc2ccc(F)cc12. The summed E-state index contributed by atoms with van der Waals surface area (Å²) in [6.45, 7) is 7.19. The molecule has 34 heavy (non-hydrogen) atoms. The van der Waals surface area contributed by atoms with Crippen molar-refractivity contribution in [2.45, 2.75) is 52.6 Å². The van der Waals surface area contributed by atoms with Gasteiger partial charge >= 0.3 is 0 Å². The Morgan fingerprint density at radius 2 is 1.91 bits per heavy atom. The van der Waals surface area contributed by atoms with Gasteiger partial charge in [-0.15, -0.1) is 0 Å². The van der Waals surface area contributed by atoms with Crippen molar-refractivity contribution >= 4 is 10.9 Å². The molecule has 0 saturated carbocycles. The standard InChI is InChI=1S/C27H33FN2O4/c1-3-4-12-33-27-19(2)25(30-24-6-5-21(28)16-23(24)27)18-34-26-17-22(7-11-29-26)32-15-10-20-8-13-31-14-9-20/h5-7,11,16-17,20H,3-4,8-10,12-15,18H2,1-2H3. The summed E-state index contributed by atoms with van der Waals surface area (Å²) in [6.07, 6.45) is 6.85. The van der Waals surface area contributed by atoms with Crippen LogP contribution in [0.15, 0.2) is 36.5 Å². The zero-order chi connectivity index (χ0) is 23.8. The number of rotatable bonds is 11.